The Hall–Kier alpha value is -3.34. The first kappa shape index (κ1) is 20.4. The van der Waals surface area contributed by atoms with Gasteiger partial charge in [0.1, 0.15) is 5.76 Å². The summed E-state index contributed by atoms with van der Waals surface area (Å²) in [5.74, 6) is 0.775. The number of benzene rings is 2. The molecule has 0 fully saturated rings. The minimum atomic E-state index is -0.262. The number of aryl methyl sites for hydroxylation is 1. The highest BCUT2D eigenvalue weighted by Crippen LogP contribution is 2.18. The molecule has 29 heavy (non-hydrogen) atoms. The highest BCUT2D eigenvalue weighted by atomic mass is 16.3. The van der Waals surface area contributed by atoms with Crippen molar-refractivity contribution in [1.82, 2.24) is 5.32 Å². The molecular formula is C24H26N2O3. The van der Waals surface area contributed by atoms with Gasteiger partial charge >= 0.3 is 0 Å². The molecule has 0 radical (unpaired) electrons. The van der Waals surface area contributed by atoms with Gasteiger partial charge in [-0.3, -0.25) is 9.59 Å². The number of amides is 2. The second-order valence-corrected chi connectivity index (χ2v) is 7.25. The minimum absolute atomic E-state index is 0.121. The number of hydrogen-bond donors (Lipinski definition) is 2. The van der Waals surface area contributed by atoms with E-state index in [1.807, 2.05) is 0 Å². The van der Waals surface area contributed by atoms with Crippen molar-refractivity contribution in [2.45, 2.75) is 39.2 Å². The van der Waals surface area contributed by atoms with Gasteiger partial charge in [0.2, 0.25) is 5.91 Å². The second kappa shape index (κ2) is 9.73. The molecule has 1 heterocycles. The number of rotatable bonds is 8. The van der Waals surface area contributed by atoms with E-state index in [1.54, 1.807) is 42.7 Å². The van der Waals surface area contributed by atoms with E-state index in [0.29, 0.717) is 42.3 Å². The zero-order chi connectivity index (χ0) is 20.6. The quantitative estimate of drug-likeness (QED) is 0.574. The predicted octanol–water partition coefficient (Wildman–Crippen LogP) is 4.90. The molecule has 0 aliphatic rings. The molecule has 0 unspecified atom stereocenters. The zero-order valence-electron chi connectivity index (χ0n) is 16.8. The van der Waals surface area contributed by atoms with Gasteiger partial charge in [0.05, 0.1) is 24.1 Å². The third-order valence-electron chi connectivity index (χ3n) is 4.74. The Morgan fingerprint density at radius 3 is 2.41 bits per heavy atom. The normalized spacial score (nSPS) is 10.7. The number of hydrogen-bond acceptors (Lipinski definition) is 3. The van der Waals surface area contributed by atoms with Crippen molar-refractivity contribution in [2.75, 3.05) is 5.32 Å². The van der Waals surface area contributed by atoms with Crippen molar-refractivity contribution in [3.8, 4) is 0 Å². The smallest absolute Gasteiger partial charge is 0.253 e. The van der Waals surface area contributed by atoms with Crippen LogP contribution in [0.1, 0.15) is 53.4 Å². The summed E-state index contributed by atoms with van der Waals surface area (Å²) in [4.78, 5) is 24.9. The summed E-state index contributed by atoms with van der Waals surface area (Å²) in [5, 5.41) is 5.66. The van der Waals surface area contributed by atoms with Crippen LogP contribution in [0.5, 0.6) is 0 Å². The first-order chi connectivity index (χ1) is 14.0. The molecule has 0 saturated carbocycles. The number of furan rings is 1. The molecule has 0 aliphatic heterocycles. The van der Waals surface area contributed by atoms with Crippen LogP contribution < -0.4 is 10.6 Å². The summed E-state index contributed by atoms with van der Waals surface area (Å²) in [7, 11) is 0. The number of carbonyl (C=O) groups is 2. The zero-order valence-corrected chi connectivity index (χ0v) is 16.8. The molecule has 0 aliphatic carbocycles. The molecule has 5 heteroatoms. The summed E-state index contributed by atoms with van der Waals surface area (Å²) in [6.07, 6.45) is 2.56. The van der Waals surface area contributed by atoms with Gasteiger partial charge in [-0.15, -0.1) is 0 Å². The van der Waals surface area contributed by atoms with E-state index in [-0.39, 0.29) is 11.8 Å². The number of anilines is 1. The lowest BCUT2D eigenvalue weighted by atomic mass is 10.0. The number of carbonyl (C=O) groups excluding carboxylic acids is 2. The van der Waals surface area contributed by atoms with Crippen LogP contribution in [0.2, 0.25) is 0 Å². The molecule has 5 nitrogen and oxygen atoms in total. The van der Waals surface area contributed by atoms with Crippen molar-refractivity contribution in [2.24, 2.45) is 0 Å². The fourth-order valence-corrected chi connectivity index (χ4v) is 3.01. The molecule has 0 bridgehead atoms. The minimum Gasteiger partial charge on any atom is -0.467 e. The lowest BCUT2D eigenvalue weighted by Crippen LogP contribution is -2.24. The summed E-state index contributed by atoms with van der Waals surface area (Å²) in [5.41, 5.74) is 3.33. The third-order valence-corrected chi connectivity index (χ3v) is 4.74. The molecule has 3 aromatic rings. The fraction of sp³-hybridized carbons (Fsp3) is 0.250. The van der Waals surface area contributed by atoms with Crippen LogP contribution in [-0.2, 0) is 17.8 Å². The van der Waals surface area contributed by atoms with Crippen LogP contribution in [0, 0.1) is 0 Å². The van der Waals surface area contributed by atoms with Gasteiger partial charge in [-0.1, -0.05) is 50.2 Å². The molecule has 0 saturated heterocycles. The maximum atomic E-state index is 12.5. The van der Waals surface area contributed by atoms with E-state index < -0.39 is 0 Å². The van der Waals surface area contributed by atoms with Gasteiger partial charge in [0.15, 0.2) is 0 Å². The SMILES string of the molecule is CC(C)c1ccc(CCC(=O)Nc2ccccc2C(=O)NCc2ccco2)cc1. The van der Waals surface area contributed by atoms with Crippen molar-refractivity contribution < 1.29 is 14.0 Å². The Kier molecular flexibility index (Phi) is 6.85. The van der Waals surface area contributed by atoms with Gasteiger partial charge in [0, 0.05) is 6.42 Å². The maximum absolute atomic E-state index is 12.5. The number of nitrogens with one attached hydrogen (secondary N) is 2. The van der Waals surface area contributed by atoms with Gasteiger partial charge < -0.3 is 15.1 Å². The average molecular weight is 390 g/mol. The van der Waals surface area contributed by atoms with Crippen LogP contribution in [0.25, 0.3) is 0 Å². The highest BCUT2D eigenvalue weighted by molar-refractivity contribution is 6.03. The Balaban J connectivity index is 1.56. The highest BCUT2D eigenvalue weighted by Gasteiger charge is 2.13. The Morgan fingerprint density at radius 2 is 1.72 bits per heavy atom. The van der Waals surface area contributed by atoms with Crippen LogP contribution in [0.3, 0.4) is 0 Å². The van der Waals surface area contributed by atoms with E-state index >= 15 is 0 Å². The average Bonchev–Trinajstić information content (AvgIpc) is 3.25. The van der Waals surface area contributed by atoms with Gasteiger partial charge in [0.25, 0.3) is 5.91 Å². The van der Waals surface area contributed by atoms with E-state index in [9.17, 15) is 9.59 Å². The van der Waals surface area contributed by atoms with Crippen molar-refractivity contribution in [3.63, 3.8) is 0 Å². The van der Waals surface area contributed by atoms with Gasteiger partial charge in [-0.25, -0.2) is 0 Å². The summed E-state index contributed by atoms with van der Waals surface area (Å²) >= 11 is 0. The van der Waals surface area contributed by atoms with Gasteiger partial charge in [-0.05, 0) is 47.7 Å². The molecule has 0 atom stereocenters. The molecular weight excluding hydrogens is 364 g/mol. The van der Waals surface area contributed by atoms with Crippen LogP contribution >= 0.6 is 0 Å². The van der Waals surface area contributed by atoms with Crippen LogP contribution in [0.15, 0.2) is 71.3 Å². The maximum Gasteiger partial charge on any atom is 0.253 e. The number of para-hydroxylation sites is 1. The first-order valence-electron chi connectivity index (χ1n) is 9.81. The summed E-state index contributed by atoms with van der Waals surface area (Å²) in [6, 6.07) is 18.9. The van der Waals surface area contributed by atoms with E-state index in [1.165, 1.54) is 5.56 Å². The summed E-state index contributed by atoms with van der Waals surface area (Å²) < 4.78 is 5.22. The Morgan fingerprint density at radius 1 is 0.966 bits per heavy atom. The van der Waals surface area contributed by atoms with E-state index in [2.05, 4.69) is 48.7 Å². The van der Waals surface area contributed by atoms with Gasteiger partial charge in [-0.2, -0.15) is 0 Å². The van der Waals surface area contributed by atoms with Crippen LogP contribution in [0.4, 0.5) is 5.69 Å². The molecule has 2 N–H and O–H groups in total. The van der Waals surface area contributed by atoms with Crippen molar-refractivity contribution >= 4 is 17.5 Å². The first-order valence-corrected chi connectivity index (χ1v) is 9.81. The van der Waals surface area contributed by atoms with E-state index in [0.717, 1.165) is 5.56 Å². The topological polar surface area (TPSA) is 71.3 Å². The van der Waals surface area contributed by atoms with Crippen molar-refractivity contribution in [3.05, 3.63) is 89.4 Å². The molecule has 150 valence electrons. The summed E-state index contributed by atoms with van der Waals surface area (Å²) in [6.45, 7) is 4.61. The van der Waals surface area contributed by atoms with Crippen molar-refractivity contribution in [1.29, 1.82) is 0 Å². The second-order valence-electron chi connectivity index (χ2n) is 7.25. The Bertz CT molecular complexity index is 945. The molecule has 2 aromatic carbocycles. The predicted molar refractivity (Wildman–Crippen MR) is 114 cm³/mol. The fourth-order valence-electron chi connectivity index (χ4n) is 3.01. The standard InChI is InChI=1S/C24H26N2O3/c1-17(2)19-12-9-18(10-13-19)11-14-23(27)26-22-8-4-3-7-21(22)24(28)25-16-20-6-5-15-29-20/h3-10,12-13,15,17H,11,14,16H2,1-2H3,(H,25,28)(H,26,27). The molecule has 2 amide bonds. The monoisotopic (exact) mass is 390 g/mol. The largest absolute Gasteiger partial charge is 0.467 e. The Labute approximate surface area is 171 Å². The molecule has 3 rings (SSSR count). The van der Waals surface area contributed by atoms with Crippen LogP contribution in [-0.4, -0.2) is 11.8 Å². The third kappa shape index (κ3) is 5.82. The lowest BCUT2D eigenvalue weighted by Gasteiger charge is -2.11. The lowest BCUT2D eigenvalue weighted by molar-refractivity contribution is -0.116. The molecule has 1 aromatic heterocycles. The van der Waals surface area contributed by atoms with E-state index in [4.69, 9.17) is 4.42 Å². The molecule has 0 spiro atoms.